The van der Waals surface area contributed by atoms with E-state index in [0.717, 1.165) is 51.0 Å². The summed E-state index contributed by atoms with van der Waals surface area (Å²) in [5.74, 6) is -0.0345. The van der Waals surface area contributed by atoms with Crippen molar-refractivity contribution in [3.05, 3.63) is 53.3 Å². The van der Waals surface area contributed by atoms with Gasteiger partial charge in [-0.25, -0.2) is 10.0 Å². The third-order valence-corrected chi connectivity index (χ3v) is 5.88. The third kappa shape index (κ3) is 3.89. The molecule has 4 rings (SSSR count). The predicted octanol–water partition coefficient (Wildman–Crippen LogP) is 4.75. The molecule has 2 aliphatic heterocycles. The van der Waals surface area contributed by atoms with Crippen molar-refractivity contribution in [3.63, 3.8) is 0 Å². The number of hydrogen-bond acceptors (Lipinski definition) is 3. The summed E-state index contributed by atoms with van der Waals surface area (Å²) in [6.07, 6.45) is 2.46. The zero-order valence-electron chi connectivity index (χ0n) is 15.3. The summed E-state index contributed by atoms with van der Waals surface area (Å²) in [6.45, 7) is 2.57. The van der Waals surface area contributed by atoms with E-state index in [-0.39, 0.29) is 12.0 Å². The largest absolute Gasteiger partial charge is 0.416 e. The Morgan fingerprint density at radius 1 is 0.963 bits per heavy atom. The number of nitrogens with one attached hydrogen (secondary N) is 1. The van der Waals surface area contributed by atoms with Gasteiger partial charge in [0.15, 0.2) is 0 Å². The van der Waals surface area contributed by atoms with Gasteiger partial charge in [-0.3, -0.25) is 5.10 Å². The van der Waals surface area contributed by atoms with Crippen molar-refractivity contribution >= 4 is 0 Å². The van der Waals surface area contributed by atoms with E-state index < -0.39 is 11.7 Å². The average Bonchev–Trinajstić information content (AvgIpc) is 3.22. The number of hydrazine groups is 1. The highest BCUT2D eigenvalue weighted by Gasteiger charge is 2.37. The van der Waals surface area contributed by atoms with Gasteiger partial charge in [0.1, 0.15) is 0 Å². The Morgan fingerprint density at radius 2 is 1.74 bits per heavy atom. The van der Waals surface area contributed by atoms with Crippen molar-refractivity contribution in [3.8, 4) is 0 Å². The number of H-pyrrole nitrogens is 1. The van der Waals surface area contributed by atoms with E-state index in [1.54, 1.807) is 12.1 Å². The minimum Gasteiger partial charge on any atom is -0.285 e. The van der Waals surface area contributed by atoms with Crippen molar-refractivity contribution in [2.45, 2.75) is 50.2 Å². The highest BCUT2D eigenvalue weighted by atomic mass is 19.4. The van der Waals surface area contributed by atoms with Crippen LogP contribution in [0.1, 0.15) is 60.9 Å². The van der Waals surface area contributed by atoms with Crippen molar-refractivity contribution in [1.29, 1.82) is 0 Å². The first-order valence-electron chi connectivity index (χ1n) is 9.71. The van der Waals surface area contributed by atoms with Crippen LogP contribution in [0.15, 0.2) is 36.5 Å². The van der Waals surface area contributed by atoms with Crippen LogP contribution in [0, 0.1) is 0 Å². The molecule has 2 aromatic rings. The first-order chi connectivity index (χ1) is 13.0. The fourth-order valence-electron chi connectivity index (χ4n) is 4.56. The van der Waals surface area contributed by atoms with E-state index in [2.05, 4.69) is 20.2 Å². The average molecular weight is 378 g/mol. The maximum absolute atomic E-state index is 13.4. The molecule has 0 aliphatic carbocycles. The van der Waals surface area contributed by atoms with Crippen LogP contribution >= 0.6 is 0 Å². The van der Waals surface area contributed by atoms with Crippen molar-refractivity contribution < 1.29 is 13.2 Å². The Kier molecular flexibility index (Phi) is 5.23. The van der Waals surface area contributed by atoms with Gasteiger partial charge < -0.3 is 0 Å². The van der Waals surface area contributed by atoms with Crippen molar-refractivity contribution in [2.75, 3.05) is 19.6 Å². The van der Waals surface area contributed by atoms with Crippen LogP contribution in [0.5, 0.6) is 0 Å². The molecule has 146 valence electrons. The molecule has 4 nitrogen and oxygen atoms in total. The van der Waals surface area contributed by atoms with E-state index >= 15 is 0 Å². The van der Waals surface area contributed by atoms with E-state index in [4.69, 9.17) is 0 Å². The summed E-state index contributed by atoms with van der Waals surface area (Å²) in [5.41, 5.74) is 1.03. The number of aromatic nitrogens is 2. The molecule has 3 heterocycles. The molecule has 2 fully saturated rings. The Bertz CT molecular complexity index is 736. The van der Waals surface area contributed by atoms with Crippen LogP contribution < -0.4 is 0 Å². The highest BCUT2D eigenvalue weighted by molar-refractivity contribution is 5.33. The molecule has 1 aromatic carbocycles. The SMILES string of the molecule is FC(F)(F)c1ccccc1C1CCN(N2CCCCC2c2cc[nH]n2)CC1. The Morgan fingerprint density at radius 3 is 2.44 bits per heavy atom. The highest BCUT2D eigenvalue weighted by Crippen LogP contribution is 2.40. The summed E-state index contributed by atoms with van der Waals surface area (Å²) in [4.78, 5) is 0. The van der Waals surface area contributed by atoms with Crippen LogP contribution in [0.2, 0.25) is 0 Å². The maximum atomic E-state index is 13.4. The zero-order chi connectivity index (χ0) is 18.9. The topological polar surface area (TPSA) is 35.2 Å². The Hall–Kier alpha value is -1.86. The smallest absolute Gasteiger partial charge is 0.285 e. The van der Waals surface area contributed by atoms with Gasteiger partial charge in [0, 0.05) is 25.8 Å². The van der Waals surface area contributed by atoms with Crippen LogP contribution in [0.4, 0.5) is 13.2 Å². The molecule has 1 N–H and O–H groups in total. The van der Waals surface area contributed by atoms with Gasteiger partial charge >= 0.3 is 6.18 Å². The zero-order valence-corrected chi connectivity index (χ0v) is 15.3. The summed E-state index contributed by atoms with van der Waals surface area (Å²) >= 11 is 0. The number of alkyl halides is 3. The molecule has 2 aliphatic rings. The molecule has 7 heteroatoms. The molecular formula is C20H25F3N4. The van der Waals surface area contributed by atoms with Crippen LogP contribution in [-0.2, 0) is 6.18 Å². The van der Waals surface area contributed by atoms with Gasteiger partial charge in [0.05, 0.1) is 17.3 Å². The van der Waals surface area contributed by atoms with E-state index in [9.17, 15) is 13.2 Å². The normalized spacial score (nSPS) is 23.6. The second-order valence-electron chi connectivity index (χ2n) is 7.49. The predicted molar refractivity (Wildman–Crippen MR) is 96.9 cm³/mol. The summed E-state index contributed by atoms with van der Waals surface area (Å²) in [7, 11) is 0. The third-order valence-electron chi connectivity index (χ3n) is 5.88. The van der Waals surface area contributed by atoms with E-state index in [1.807, 2.05) is 12.3 Å². The number of rotatable bonds is 3. The fraction of sp³-hybridized carbons (Fsp3) is 0.550. The maximum Gasteiger partial charge on any atom is 0.416 e. The van der Waals surface area contributed by atoms with Gasteiger partial charge in [0.2, 0.25) is 0 Å². The van der Waals surface area contributed by atoms with Gasteiger partial charge in [-0.15, -0.1) is 0 Å². The number of hydrogen-bond donors (Lipinski definition) is 1. The lowest BCUT2D eigenvalue weighted by molar-refractivity contribution is -0.138. The molecule has 0 bridgehead atoms. The van der Waals surface area contributed by atoms with Gasteiger partial charge in [0.25, 0.3) is 0 Å². The summed E-state index contributed by atoms with van der Waals surface area (Å²) in [6, 6.07) is 8.34. The first-order valence-corrected chi connectivity index (χ1v) is 9.71. The second kappa shape index (κ2) is 7.64. The van der Waals surface area contributed by atoms with Gasteiger partial charge in [-0.1, -0.05) is 24.6 Å². The van der Waals surface area contributed by atoms with Crippen LogP contribution in [0.25, 0.3) is 0 Å². The quantitative estimate of drug-likeness (QED) is 0.837. The molecule has 0 spiro atoms. The second-order valence-corrected chi connectivity index (χ2v) is 7.49. The molecule has 2 saturated heterocycles. The van der Waals surface area contributed by atoms with Crippen LogP contribution in [-0.4, -0.2) is 39.8 Å². The monoisotopic (exact) mass is 378 g/mol. The fourth-order valence-corrected chi connectivity index (χ4v) is 4.56. The lowest BCUT2D eigenvalue weighted by atomic mass is 9.86. The molecule has 1 aromatic heterocycles. The minimum absolute atomic E-state index is 0.0345. The number of halogens is 3. The van der Waals surface area contributed by atoms with E-state index in [0.29, 0.717) is 5.56 Å². The molecule has 0 radical (unpaired) electrons. The molecule has 1 atom stereocenters. The summed E-state index contributed by atoms with van der Waals surface area (Å²) in [5, 5.41) is 12.0. The van der Waals surface area contributed by atoms with E-state index in [1.165, 1.54) is 18.6 Å². The number of nitrogens with zero attached hydrogens (tertiary/aromatic N) is 3. The Balaban J connectivity index is 1.46. The molecule has 0 saturated carbocycles. The molecular weight excluding hydrogens is 353 g/mol. The van der Waals surface area contributed by atoms with Gasteiger partial charge in [-0.2, -0.15) is 18.3 Å². The summed E-state index contributed by atoms with van der Waals surface area (Å²) < 4.78 is 40.1. The minimum atomic E-state index is -4.29. The number of benzene rings is 1. The molecule has 27 heavy (non-hydrogen) atoms. The van der Waals surface area contributed by atoms with Crippen LogP contribution in [0.3, 0.4) is 0 Å². The number of piperidine rings is 2. The molecule has 0 amide bonds. The lowest BCUT2D eigenvalue weighted by Crippen LogP contribution is -2.50. The van der Waals surface area contributed by atoms with Crippen molar-refractivity contribution in [2.24, 2.45) is 0 Å². The van der Waals surface area contributed by atoms with Crippen molar-refractivity contribution in [1.82, 2.24) is 20.2 Å². The lowest BCUT2D eigenvalue weighted by Gasteiger charge is -2.45. The first kappa shape index (κ1) is 18.5. The Labute approximate surface area is 157 Å². The standard InChI is InChI=1S/C20H25F3N4/c21-20(22,23)17-6-2-1-5-16(17)15-9-13-26(14-10-15)27-12-4-3-7-19(27)18-8-11-24-25-18/h1-2,5-6,8,11,15,19H,3-4,7,9-10,12-14H2,(H,24,25). The molecule has 1 unspecified atom stereocenters. The number of aromatic amines is 1. The van der Waals surface area contributed by atoms with Gasteiger partial charge in [-0.05, 0) is 49.3 Å².